The first-order valence-corrected chi connectivity index (χ1v) is 28.9. The SMILES string of the molecule is COc1cc(-c2cc(C)cc(Cl)c2)ccc1-n1c(=O)ccc2cc(S(=O)(=O)Oc3c(F)c(F)c(F)c(F)c3F)ccc21.COc1cc(Br)ccc1-n1c(=O)ccc2cc(S(=O)(=O)Oc3c(F)c(F)c(F)c(F)c3F)ccc21.COc1cc(Cl)cc(O[B]O)c1.P.P. The molecule has 0 amide bonds. The molecule has 2 aromatic heterocycles. The van der Waals surface area contributed by atoms with E-state index in [9.17, 15) is 70.3 Å². The van der Waals surface area contributed by atoms with Gasteiger partial charge in [-0.3, -0.25) is 18.7 Å². The van der Waals surface area contributed by atoms with Crippen LogP contribution in [-0.4, -0.2) is 60.0 Å². The zero-order valence-corrected chi connectivity index (χ0v) is 54.2. The van der Waals surface area contributed by atoms with Crippen LogP contribution in [0.5, 0.6) is 34.5 Å². The van der Waals surface area contributed by atoms with Gasteiger partial charge < -0.3 is 32.3 Å². The predicted molar refractivity (Wildman–Crippen MR) is 332 cm³/mol. The van der Waals surface area contributed by atoms with Crippen molar-refractivity contribution in [2.24, 2.45) is 0 Å². The highest BCUT2D eigenvalue weighted by Gasteiger charge is 2.33. The minimum Gasteiger partial charge on any atom is -0.537 e. The van der Waals surface area contributed by atoms with E-state index >= 15 is 0 Å². The summed E-state index contributed by atoms with van der Waals surface area (Å²) in [5, 5.41) is 9.71. The van der Waals surface area contributed by atoms with Gasteiger partial charge in [-0.05, 0) is 127 Å². The summed E-state index contributed by atoms with van der Waals surface area (Å²) in [5.41, 5.74) is 2.58. The smallest absolute Gasteiger partial charge is 0.537 e. The molecule has 91 heavy (non-hydrogen) atoms. The molecule has 33 heteroatoms. The third kappa shape index (κ3) is 15.4. The molecule has 2 unspecified atom stereocenters. The van der Waals surface area contributed by atoms with Crippen molar-refractivity contribution in [2.75, 3.05) is 21.3 Å². The number of aryl methyl sites for hydroxylation is 1. The van der Waals surface area contributed by atoms with Crippen LogP contribution >= 0.6 is 58.9 Å². The van der Waals surface area contributed by atoms with E-state index in [0.717, 1.165) is 53.1 Å². The normalized spacial score (nSPS) is 11.1. The van der Waals surface area contributed by atoms with Crippen LogP contribution < -0.4 is 38.3 Å². The Morgan fingerprint density at radius 3 is 1.31 bits per heavy atom. The molecule has 10 rings (SSSR count). The molecule has 1 N–H and O–H groups in total. The lowest BCUT2D eigenvalue weighted by atomic mass is 10.0. The van der Waals surface area contributed by atoms with E-state index in [1.165, 1.54) is 54.7 Å². The van der Waals surface area contributed by atoms with E-state index in [0.29, 0.717) is 56.6 Å². The number of fused-ring (bicyclic) bond motifs is 2. The summed E-state index contributed by atoms with van der Waals surface area (Å²) in [6, 6.07) is 31.5. The fraction of sp³-hybridized carbons (Fsp3) is 0.0690. The van der Waals surface area contributed by atoms with Crippen LogP contribution in [0, 0.1) is 65.1 Å². The average Bonchev–Trinajstić information content (AvgIpc) is 0.793. The summed E-state index contributed by atoms with van der Waals surface area (Å²) >= 11 is 15.2. The molecular formula is C58H41BBrCl2F10N2O13P2S2. The molecule has 0 bridgehead atoms. The van der Waals surface area contributed by atoms with Crippen molar-refractivity contribution in [3.8, 4) is 57.0 Å². The fourth-order valence-electron chi connectivity index (χ4n) is 8.45. The highest BCUT2D eigenvalue weighted by atomic mass is 79.9. The molecule has 0 saturated heterocycles. The number of hydrogen-bond donors (Lipinski definition) is 1. The van der Waals surface area contributed by atoms with Crippen LogP contribution in [0.3, 0.4) is 0 Å². The lowest BCUT2D eigenvalue weighted by molar-refractivity contribution is 0.346. The molecular weight excluding hydrogens is 1410 g/mol. The molecule has 8 aromatic carbocycles. The topological polar surface area (TPSA) is 188 Å². The molecule has 1 radical (unpaired) electrons. The molecule has 2 atom stereocenters. The second-order valence-corrected chi connectivity index (χ2v) is 23.0. The maximum absolute atomic E-state index is 14.1. The first kappa shape index (κ1) is 72.2. The summed E-state index contributed by atoms with van der Waals surface area (Å²) in [6.07, 6.45) is 0. The Hall–Kier alpha value is -7.88. The van der Waals surface area contributed by atoms with Gasteiger partial charge in [0.1, 0.15) is 32.8 Å². The summed E-state index contributed by atoms with van der Waals surface area (Å²) in [7, 11) is -5.24. The maximum Gasteiger partial charge on any atom is 0.569 e. The molecule has 0 fully saturated rings. The van der Waals surface area contributed by atoms with Gasteiger partial charge in [-0.15, -0.1) is 0 Å². The molecule has 10 aromatic rings. The largest absolute Gasteiger partial charge is 0.569 e. The van der Waals surface area contributed by atoms with Crippen LogP contribution in [0.15, 0.2) is 157 Å². The second-order valence-electron chi connectivity index (χ2n) is 18.1. The van der Waals surface area contributed by atoms with Crippen molar-refractivity contribution in [3.63, 3.8) is 0 Å². The van der Waals surface area contributed by atoms with Gasteiger partial charge >= 0.3 is 27.9 Å². The number of pyridine rings is 2. The highest BCUT2D eigenvalue weighted by Crippen LogP contribution is 2.37. The zero-order chi connectivity index (χ0) is 65.1. The first-order valence-electron chi connectivity index (χ1n) is 24.5. The van der Waals surface area contributed by atoms with Gasteiger partial charge in [0.05, 0.1) is 43.7 Å². The monoisotopic (exact) mass is 1450 g/mol. The fourth-order valence-corrected chi connectivity index (χ4v) is 11.2. The molecule has 0 saturated carbocycles. The van der Waals surface area contributed by atoms with E-state index < -0.39 is 111 Å². The van der Waals surface area contributed by atoms with Gasteiger partial charge in [0.15, 0.2) is 0 Å². The Balaban J connectivity index is 0.000000243. The van der Waals surface area contributed by atoms with E-state index in [1.54, 1.807) is 66.7 Å². The van der Waals surface area contributed by atoms with Crippen molar-refractivity contribution in [2.45, 2.75) is 16.7 Å². The van der Waals surface area contributed by atoms with Crippen molar-refractivity contribution in [1.82, 2.24) is 9.13 Å². The van der Waals surface area contributed by atoms with Crippen LogP contribution in [0.4, 0.5) is 43.9 Å². The number of nitrogens with zero attached hydrogens (tertiary/aromatic N) is 2. The second kappa shape index (κ2) is 29.6. The summed E-state index contributed by atoms with van der Waals surface area (Å²) < 4.78 is 220. The van der Waals surface area contributed by atoms with E-state index in [-0.39, 0.29) is 41.6 Å². The molecule has 15 nitrogen and oxygen atoms in total. The van der Waals surface area contributed by atoms with Gasteiger partial charge in [0.2, 0.25) is 69.7 Å². The number of hydrogen-bond acceptors (Lipinski definition) is 13. The zero-order valence-electron chi connectivity index (χ0n) is 46.7. The third-order valence-electron chi connectivity index (χ3n) is 12.5. The summed E-state index contributed by atoms with van der Waals surface area (Å²) in [6.45, 7) is 1.89. The molecule has 477 valence electrons. The van der Waals surface area contributed by atoms with Gasteiger partial charge in [-0.25, -0.2) is 26.3 Å². The lowest BCUT2D eigenvalue weighted by Gasteiger charge is -2.16. The third-order valence-corrected chi connectivity index (χ3v) is 15.8. The number of benzene rings is 8. The average molecular weight is 1450 g/mol. The molecule has 0 spiro atoms. The van der Waals surface area contributed by atoms with Crippen molar-refractivity contribution >= 4 is 109 Å². The lowest BCUT2D eigenvalue weighted by Crippen LogP contribution is -2.19. The van der Waals surface area contributed by atoms with Crippen molar-refractivity contribution in [1.29, 1.82) is 0 Å². The molecule has 2 heterocycles. The highest BCUT2D eigenvalue weighted by molar-refractivity contribution is 9.10. The van der Waals surface area contributed by atoms with Crippen molar-refractivity contribution in [3.05, 3.63) is 232 Å². The Labute approximate surface area is 535 Å². The summed E-state index contributed by atoms with van der Waals surface area (Å²) in [4.78, 5) is 24.3. The van der Waals surface area contributed by atoms with Crippen LogP contribution in [0.1, 0.15) is 5.56 Å². The van der Waals surface area contributed by atoms with Crippen molar-refractivity contribution < 1.29 is 93.0 Å². The Morgan fingerprint density at radius 1 is 0.462 bits per heavy atom. The van der Waals surface area contributed by atoms with Crippen LogP contribution in [0.2, 0.25) is 10.0 Å². The number of methoxy groups -OCH3 is 3. The standard InChI is InChI=1S/C29H17ClF5NO5S.C22H11BrF5NO5S.C7H7BClO3.2H3P/c1-14-9-17(11-18(30)10-14)15-3-6-21(22(13-15)40-2)36-20-7-5-19(12-16(20)4-8-23(36)37)42(38,39)41-29-27(34)25(32)24(31)26(33)28(29)35;1-33-15-9-11(23)3-5-14(15)29-13-6-4-12(8-10(13)2-7-16(29)30)35(31,32)34-22-20(27)18(25)17(24)19(26)21(22)28;1-11-6-2-5(9)3-7(4-6)12-8-10;;/h3-13H,1-2H3;2-9H,1H3;2-4,10H,1H3;2*1H3. The quantitative estimate of drug-likeness (QED) is 0.0271. The summed E-state index contributed by atoms with van der Waals surface area (Å²) in [5.74, 6) is -26.5. The molecule has 0 aliphatic heterocycles. The maximum atomic E-state index is 14.1. The van der Waals surface area contributed by atoms with Gasteiger partial charge in [0.25, 0.3) is 11.1 Å². The Kier molecular flexibility index (Phi) is 23.5. The van der Waals surface area contributed by atoms with Gasteiger partial charge in [-0.2, -0.15) is 54.2 Å². The Morgan fingerprint density at radius 2 is 0.879 bits per heavy atom. The van der Waals surface area contributed by atoms with Crippen LogP contribution in [0.25, 0.3) is 44.3 Å². The number of aromatic nitrogens is 2. The van der Waals surface area contributed by atoms with Gasteiger partial charge in [-0.1, -0.05) is 51.3 Å². The van der Waals surface area contributed by atoms with E-state index in [1.807, 2.05) is 13.0 Å². The minimum absolute atomic E-state index is 0. The van der Waals surface area contributed by atoms with Gasteiger partial charge in [0, 0.05) is 43.5 Å². The molecule has 0 aliphatic rings. The van der Waals surface area contributed by atoms with Crippen LogP contribution in [-0.2, 0) is 20.2 Å². The predicted octanol–water partition coefficient (Wildman–Crippen LogP) is 13.7. The Bertz CT molecular complexity index is 4780. The molecule has 0 aliphatic carbocycles. The number of halogens is 13. The first-order chi connectivity index (χ1) is 42.0. The van der Waals surface area contributed by atoms with E-state index in [4.69, 9.17) is 47.1 Å². The number of rotatable bonds is 14. The van der Waals surface area contributed by atoms with E-state index in [2.05, 4.69) is 24.3 Å². The minimum atomic E-state index is -5.10. The number of ether oxygens (including phenoxy) is 3.